The average Bonchev–Trinajstić information content (AvgIpc) is 2.46. The van der Waals surface area contributed by atoms with Gasteiger partial charge < -0.3 is 19.2 Å². The van der Waals surface area contributed by atoms with Gasteiger partial charge in [0.1, 0.15) is 17.1 Å². The number of ether oxygens (including phenoxy) is 3. The highest BCUT2D eigenvalue weighted by molar-refractivity contribution is 5.95. The highest BCUT2D eigenvalue weighted by Gasteiger charge is 2.16. The van der Waals surface area contributed by atoms with Gasteiger partial charge in [0, 0.05) is 12.3 Å². The fourth-order valence-corrected chi connectivity index (χ4v) is 1.81. The van der Waals surface area contributed by atoms with Gasteiger partial charge in [0.2, 0.25) is 5.43 Å². The Hall–Kier alpha value is -2.50. The van der Waals surface area contributed by atoms with E-state index in [9.17, 15) is 9.59 Å². The van der Waals surface area contributed by atoms with Crippen molar-refractivity contribution in [2.45, 2.75) is 0 Å². The molecular weight excluding hydrogens is 250 g/mol. The number of aromatic amines is 1. The second-order valence-electron chi connectivity index (χ2n) is 3.78. The number of hydrogen-bond donors (Lipinski definition) is 1. The lowest BCUT2D eigenvalue weighted by Crippen LogP contribution is -2.17. The molecule has 0 aliphatic heterocycles. The number of aromatic nitrogens is 1. The van der Waals surface area contributed by atoms with E-state index in [1.165, 1.54) is 27.5 Å². The third-order valence-corrected chi connectivity index (χ3v) is 2.79. The maximum atomic E-state index is 12.2. The standard InChI is InChI=1S/C13H13NO5/c1-17-7-4-8-11(10(5-7)18-2)14-6-9(12(8)15)13(16)19-3/h4-6H,1-3H3,(H,14,15). The summed E-state index contributed by atoms with van der Waals surface area (Å²) in [5, 5.41) is 0.305. The van der Waals surface area contributed by atoms with Crippen molar-refractivity contribution in [1.82, 2.24) is 4.98 Å². The minimum absolute atomic E-state index is 0.0645. The molecule has 0 aliphatic rings. The van der Waals surface area contributed by atoms with E-state index in [-0.39, 0.29) is 5.56 Å². The molecule has 1 aromatic carbocycles. The topological polar surface area (TPSA) is 77.6 Å². The summed E-state index contributed by atoms with van der Waals surface area (Å²) in [4.78, 5) is 26.6. The van der Waals surface area contributed by atoms with Gasteiger partial charge in [0.05, 0.1) is 32.2 Å². The number of rotatable bonds is 3. The molecule has 1 aromatic heterocycles. The first-order chi connectivity index (χ1) is 9.12. The number of benzene rings is 1. The Morgan fingerprint density at radius 2 is 1.89 bits per heavy atom. The van der Waals surface area contributed by atoms with Gasteiger partial charge in [-0.3, -0.25) is 4.79 Å². The molecule has 0 spiro atoms. The molecule has 2 rings (SSSR count). The van der Waals surface area contributed by atoms with Crippen LogP contribution in [0.5, 0.6) is 11.5 Å². The fraction of sp³-hybridized carbons (Fsp3) is 0.231. The number of fused-ring (bicyclic) bond motifs is 1. The number of carbonyl (C=O) groups is 1. The van der Waals surface area contributed by atoms with Gasteiger partial charge in [-0.15, -0.1) is 0 Å². The third kappa shape index (κ3) is 2.12. The molecule has 0 aliphatic carbocycles. The third-order valence-electron chi connectivity index (χ3n) is 2.79. The summed E-state index contributed by atoms with van der Waals surface area (Å²) in [5.74, 6) is 0.240. The maximum Gasteiger partial charge on any atom is 0.343 e. The number of methoxy groups -OCH3 is 3. The lowest BCUT2D eigenvalue weighted by atomic mass is 10.1. The predicted octanol–water partition coefficient (Wildman–Crippen LogP) is 1.33. The first-order valence-corrected chi connectivity index (χ1v) is 5.48. The number of H-pyrrole nitrogens is 1. The average molecular weight is 263 g/mol. The first-order valence-electron chi connectivity index (χ1n) is 5.48. The summed E-state index contributed by atoms with van der Waals surface area (Å²) in [6, 6.07) is 3.19. The fourth-order valence-electron chi connectivity index (χ4n) is 1.81. The maximum absolute atomic E-state index is 12.2. The number of pyridine rings is 1. The quantitative estimate of drug-likeness (QED) is 0.845. The first kappa shape index (κ1) is 12.9. The highest BCUT2D eigenvalue weighted by Crippen LogP contribution is 2.27. The molecule has 0 saturated carbocycles. The highest BCUT2D eigenvalue weighted by atomic mass is 16.5. The zero-order valence-electron chi connectivity index (χ0n) is 10.8. The number of esters is 1. The molecule has 0 saturated heterocycles. The minimum Gasteiger partial charge on any atom is -0.497 e. The van der Waals surface area contributed by atoms with Crippen molar-refractivity contribution in [3.05, 3.63) is 34.1 Å². The smallest absolute Gasteiger partial charge is 0.343 e. The Labute approximate surface area is 108 Å². The predicted molar refractivity (Wildman–Crippen MR) is 69.0 cm³/mol. The van der Waals surface area contributed by atoms with Crippen LogP contribution in [0.1, 0.15) is 10.4 Å². The van der Waals surface area contributed by atoms with Gasteiger partial charge >= 0.3 is 5.97 Å². The summed E-state index contributed by atoms with van der Waals surface area (Å²) in [6.07, 6.45) is 1.31. The second-order valence-corrected chi connectivity index (χ2v) is 3.78. The molecule has 0 fully saturated rings. The summed E-state index contributed by atoms with van der Waals surface area (Å²) < 4.78 is 14.8. The minimum atomic E-state index is -0.690. The molecule has 6 heteroatoms. The Kier molecular flexibility index (Phi) is 3.41. The SMILES string of the molecule is COC(=O)c1c[nH]c2c(OC)cc(OC)cc2c1=O. The summed E-state index contributed by atoms with van der Waals surface area (Å²) in [7, 11) is 4.19. The molecular formula is C13H13NO5. The van der Waals surface area contributed by atoms with E-state index in [2.05, 4.69) is 9.72 Å². The van der Waals surface area contributed by atoms with Gasteiger partial charge in [-0.25, -0.2) is 4.79 Å². The zero-order valence-corrected chi connectivity index (χ0v) is 10.8. The van der Waals surface area contributed by atoms with E-state index in [1.807, 2.05) is 0 Å². The van der Waals surface area contributed by atoms with E-state index >= 15 is 0 Å². The van der Waals surface area contributed by atoms with Crippen molar-refractivity contribution in [2.75, 3.05) is 21.3 Å². The molecule has 0 bridgehead atoms. The Bertz CT molecular complexity index is 689. The number of carbonyl (C=O) groups excluding carboxylic acids is 1. The number of nitrogens with one attached hydrogen (secondary N) is 1. The molecule has 2 aromatic rings. The van der Waals surface area contributed by atoms with Crippen LogP contribution in [0.15, 0.2) is 23.1 Å². The summed E-state index contributed by atoms with van der Waals surface area (Å²) in [5.41, 5.74) is 0.00376. The molecule has 0 amide bonds. The summed E-state index contributed by atoms with van der Waals surface area (Å²) >= 11 is 0. The normalized spacial score (nSPS) is 10.3. The van der Waals surface area contributed by atoms with Gasteiger partial charge in [-0.1, -0.05) is 0 Å². The molecule has 100 valence electrons. The molecule has 19 heavy (non-hydrogen) atoms. The van der Waals surface area contributed by atoms with E-state index in [0.29, 0.717) is 22.4 Å². The van der Waals surface area contributed by atoms with E-state index in [0.717, 1.165) is 0 Å². The van der Waals surface area contributed by atoms with Gasteiger partial charge in [0.25, 0.3) is 0 Å². The number of hydrogen-bond acceptors (Lipinski definition) is 5. The van der Waals surface area contributed by atoms with Crippen molar-refractivity contribution in [3.63, 3.8) is 0 Å². The van der Waals surface area contributed by atoms with E-state index in [1.54, 1.807) is 12.1 Å². The van der Waals surface area contributed by atoms with Gasteiger partial charge in [-0.05, 0) is 6.07 Å². The van der Waals surface area contributed by atoms with Crippen molar-refractivity contribution in [1.29, 1.82) is 0 Å². The molecule has 0 radical (unpaired) electrons. The molecule has 0 atom stereocenters. The molecule has 1 heterocycles. The van der Waals surface area contributed by atoms with E-state index < -0.39 is 11.4 Å². The summed E-state index contributed by atoms with van der Waals surface area (Å²) in [6.45, 7) is 0. The van der Waals surface area contributed by atoms with Crippen LogP contribution < -0.4 is 14.9 Å². The molecule has 0 unspecified atom stereocenters. The van der Waals surface area contributed by atoms with Crippen molar-refractivity contribution < 1.29 is 19.0 Å². The lowest BCUT2D eigenvalue weighted by molar-refractivity contribution is 0.0599. The molecule has 1 N–H and O–H groups in total. The van der Waals surface area contributed by atoms with Crippen LogP contribution in [0, 0.1) is 0 Å². The van der Waals surface area contributed by atoms with Crippen LogP contribution >= 0.6 is 0 Å². The zero-order chi connectivity index (χ0) is 14.0. The monoisotopic (exact) mass is 263 g/mol. The van der Waals surface area contributed by atoms with Crippen LogP contribution in [0.2, 0.25) is 0 Å². The van der Waals surface area contributed by atoms with Crippen LogP contribution in [0.4, 0.5) is 0 Å². The Balaban J connectivity index is 2.81. The van der Waals surface area contributed by atoms with Crippen molar-refractivity contribution >= 4 is 16.9 Å². The van der Waals surface area contributed by atoms with Crippen LogP contribution in [-0.4, -0.2) is 32.3 Å². The van der Waals surface area contributed by atoms with Crippen LogP contribution in [-0.2, 0) is 4.74 Å². The Morgan fingerprint density at radius 3 is 2.47 bits per heavy atom. The van der Waals surface area contributed by atoms with Gasteiger partial charge in [0.15, 0.2) is 0 Å². The van der Waals surface area contributed by atoms with E-state index in [4.69, 9.17) is 9.47 Å². The van der Waals surface area contributed by atoms with Crippen molar-refractivity contribution in [3.8, 4) is 11.5 Å². The molecule has 6 nitrogen and oxygen atoms in total. The van der Waals surface area contributed by atoms with Crippen LogP contribution in [0.3, 0.4) is 0 Å². The largest absolute Gasteiger partial charge is 0.497 e. The van der Waals surface area contributed by atoms with Crippen molar-refractivity contribution in [2.24, 2.45) is 0 Å². The Morgan fingerprint density at radius 1 is 1.16 bits per heavy atom. The van der Waals surface area contributed by atoms with Gasteiger partial charge in [-0.2, -0.15) is 0 Å². The second kappa shape index (κ2) is 5.01. The lowest BCUT2D eigenvalue weighted by Gasteiger charge is -2.09. The van der Waals surface area contributed by atoms with Crippen LogP contribution in [0.25, 0.3) is 10.9 Å².